The van der Waals surface area contributed by atoms with Crippen molar-refractivity contribution in [1.82, 2.24) is 9.13 Å². The van der Waals surface area contributed by atoms with Crippen LogP contribution in [0.4, 0.5) is 0 Å². The van der Waals surface area contributed by atoms with Gasteiger partial charge in [0.25, 0.3) is 5.56 Å². The maximum Gasteiger partial charge on any atom is 0.337 e. The molecule has 2 aromatic heterocycles. The molecular formula is C33H35N3O5S. The summed E-state index contributed by atoms with van der Waals surface area (Å²) < 4.78 is 20.9. The highest BCUT2D eigenvalue weighted by Crippen LogP contribution is 2.35. The SMILES string of the molecule is CCOc1ccc([C@H]2C(C(=O)OC)=CN=c3s/c(=C\c4cc(C)n(-c5ccc(C)c(C)c5)c4C)c(=O)n32)cc1OCC. The van der Waals surface area contributed by atoms with Gasteiger partial charge in [-0.1, -0.05) is 23.5 Å². The zero-order valence-corrected chi connectivity index (χ0v) is 25.8. The summed E-state index contributed by atoms with van der Waals surface area (Å²) >= 11 is 1.29. The van der Waals surface area contributed by atoms with Crippen LogP contribution in [0.3, 0.4) is 0 Å². The van der Waals surface area contributed by atoms with Crippen molar-refractivity contribution in [1.29, 1.82) is 0 Å². The fraction of sp³-hybridized carbons (Fsp3) is 0.303. The normalized spacial score (nSPS) is 14.7. The van der Waals surface area contributed by atoms with E-state index in [0.717, 1.165) is 22.6 Å². The van der Waals surface area contributed by atoms with E-state index in [4.69, 9.17) is 14.2 Å². The number of aryl methyl sites for hydroxylation is 3. The molecule has 5 rings (SSSR count). The first kappa shape index (κ1) is 29.1. The molecule has 0 N–H and O–H groups in total. The predicted octanol–water partition coefficient (Wildman–Crippen LogP) is 4.84. The number of methoxy groups -OCH3 is 1. The van der Waals surface area contributed by atoms with Gasteiger partial charge in [-0.2, -0.15) is 0 Å². The summed E-state index contributed by atoms with van der Waals surface area (Å²) in [5.74, 6) is 0.582. The van der Waals surface area contributed by atoms with Gasteiger partial charge in [-0.25, -0.2) is 9.79 Å². The minimum absolute atomic E-state index is 0.235. The maximum atomic E-state index is 14.0. The molecule has 0 radical (unpaired) electrons. The van der Waals surface area contributed by atoms with Crippen molar-refractivity contribution in [2.24, 2.45) is 4.99 Å². The van der Waals surface area contributed by atoms with E-state index < -0.39 is 12.0 Å². The number of hydrogen-bond acceptors (Lipinski definition) is 7. The quantitative estimate of drug-likeness (QED) is 0.277. The molecule has 0 saturated heterocycles. The third kappa shape index (κ3) is 5.20. The third-order valence-corrected chi connectivity index (χ3v) is 8.51. The lowest BCUT2D eigenvalue weighted by Gasteiger charge is -2.23. The molecule has 8 nitrogen and oxygen atoms in total. The molecule has 0 fully saturated rings. The highest BCUT2D eigenvalue weighted by Gasteiger charge is 2.31. The highest BCUT2D eigenvalue weighted by molar-refractivity contribution is 7.07. The Morgan fingerprint density at radius 1 is 0.976 bits per heavy atom. The number of carbonyl (C=O) groups is 1. The lowest BCUT2D eigenvalue weighted by molar-refractivity contribution is -0.136. The molecule has 4 aromatic rings. The molecule has 0 saturated carbocycles. The van der Waals surface area contributed by atoms with Crippen LogP contribution in [0.25, 0.3) is 11.8 Å². The lowest BCUT2D eigenvalue weighted by Crippen LogP contribution is -2.39. The summed E-state index contributed by atoms with van der Waals surface area (Å²) in [7, 11) is 1.32. The highest BCUT2D eigenvalue weighted by atomic mass is 32.1. The van der Waals surface area contributed by atoms with E-state index in [1.807, 2.05) is 32.1 Å². The van der Waals surface area contributed by atoms with Gasteiger partial charge >= 0.3 is 5.97 Å². The summed E-state index contributed by atoms with van der Waals surface area (Å²) in [4.78, 5) is 31.9. The first-order chi connectivity index (χ1) is 20.2. The molecule has 0 spiro atoms. The van der Waals surface area contributed by atoms with Crippen LogP contribution < -0.4 is 24.4 Å². The van der Waals surface area contributed by atoms with E-state index >= 15 is 0 Å². The second-order valence-electron chi connectivity index (χ2n) is 10.2. The second-order valence-corrected chi connectivity index (χ2v) is 11.2. The van der Waals surface area contributed by atoms with Crippen LogP contribution in [-0.4, -0.2) is 35.4 Å². The van der Waals surface area contributed by atoms with Crippen LogP contribution in [0.15, 0.2) is 64.0 Å². The van der Waals surface area contributed by atoms with Crippen molar-refractivity contribution < 1.29 is 19.0 Å². The molecule has 0 bridgehead atoms. The van der Waals surface area contributed by atoms with Gasteiger partial charge in [-0.05, 0) is 100 Å². The van der Waals surface area contributed by atoms with Crippen LogP contribution >= 0.6 is 11.3 Å². The summed E-state index contributed by atoms with van der Waals surface area (Å²) in [5, 5.41) is 0. The first-order valence-corrected chi connectivity index (χ1v) is 14.8. The number of ether oxygens (including phenoxy) is 3. The first-order valence-electron chi connectivity index (χ1n) is 13.9. The fourth-order valence-electron chi connectivity index (χ4n) is 5.32. The van der Waals surface area contributed by atoms with E-state index in [1.54, 1.807) is 10.6 Å². The maximum absolute atomic E-state index is 14.0. The van der Waals surface area contributed by atoms with Crippen LogP contribution in [-0.2, 0) is 9.53 Å². The zero-order valence-electron chi connectivity index (χ0n) is 25.0. The van der Waals surface area contributed by atoms with Gasteiger partial charge < -0.3 is 18.8 Å². The fourth-order valence-corrected chi connectivity index (χ4v) is 6.28. The summed E-state index contributed by atoms with van der Waals surface area (Å²) in [6.45, 7) is 13.0. The smallest absolute Gasteiger partial charge is 0.337 e. The third-order valence-electron chi connectivity index (χ3n) is 7.51. The van der Waals surface area contributed by atoms with E-state index in [-0.39, 0.29) is 11.1 Å². The topological polar surface area (TPSA) is 84.0 Å². The summed E-state index contributed by atoms with van der Waals surface area (Å²) in [5.41, 5.74) is 7.30. The average Bonchev–Trinajstić information content (AvgIpc) is 3.44. The summed E-state index contributed by atoms with van der Waals surface area (Å²) in [6.07, 6.45) is 3.40. The Kier molecular flexibility index (Phi) is 8.22. The number of thiazole rings is 1. The van der Waals surface area contributed by atoms with E-state index in [0.29, 0.717) is 39.6 Å². The van der Waals surface area contributed by atoms with Gasteiger partial charge in [0.05, 0.1) is 36.5 Å². The van der Waals surface area contributed by atoms with Crippen LogP contribution in [0.5, 0.6) is 11.5 Å². The minimum atomic E-state index is -0.742. The second kappa shape index (κ2) is 11.9. The van der Waals surface area contributed by atoms with E-state index in [2.05, 4.69) is 61.5 Å². The molecule has 2 aromatic carbocycles. The minimum Gasteiger partial charge on any atom is -0.490 e. The molecule has 0 amide bonds. The van der Waals surface area contributed by atoms with Gasteiger partial charge in [0, 0.05) is 23.3 Å². The number of aromatic nitrogens is 2. The molecule has 1 aliphatic heterocycles. The Hall–Kier alpha value is -4.37. The Morgan fingerprint density at radius 2 is 1.71 bits per heavy atom. The zero-order chi connectivity index (χ0) is 30.1. The van der Waals surface area contributed by atoms with Crippen LogP contribution in [0.2, 0.25) is 0 Å². The molecule has 42 heavy (non-hydrogen) atoms. The standard InChI is InChI=1S/C33H35N3O5S/c1-8-40-27-13-11-23(16-28(27)41-9-2)30-26(32(38)39-7)18-34-33-36(30)31(37)29(42-33)17-24-15-21(5)35(22(24)6)25-12-10-19(3)20(4)14-25/h10-18,30H,8-9H2,1-7H3/b29-17-/t30-/m0/s1. The number of rotatable bonds is 8. The number of esters is 1. The van der Waals surface area contributed by atoms with Gasteiger partial charge in [0.1, 0.15) is 0 Å². The molecule has 0 unspecified atom stereocenters. The molecular weight excluding hydrogens is 550 g/mol. The van der Waals surface area contributed by atoms with Gasteiger partial charge in [-0.3, -0.25) is 9.36 Å². The lowest BCUT2D eigenvalue weighted by atomic mass is 9.97. The van der Waals surface area contributed by atoms with Gasteiger partial charge in [-0.15, -0.1) is 0 Å². The summed E-state index contributed by atoms with van der Waals surface area (Å²) in [6, 6.07) is 13.2. The number of carbonyl (C=O) groups excluding carboxylic acids is 1. The average molecular weight is 586 g/mol. The Bertz CT molecular complexity index is 1890. The van der Waals surface area contributed by atoms with Crippen LogP contribution in [0.1, 0.15) is 53.5 Å². The largest absolute Gasteiger partial charge is 0.490 e. The molecule has 1 aliphatic rings. The molecule has 3 heterocycles. The predicted molar refractivity (Wildman–Crippen MR) is 165 cm³/mol. The van der Waals surface area contributed by atoms with Crippen molar-refractivity contribution >= 4 is 23.4 Å². The van der Waals surface area contributed by atoms with Crippen LogP contribution in [0, 0.1) is 27.7 Å². The van der Waals surface area contributed by atoms with E-state index in [9.17, 15) is 9.59 Å². The van der Waals surface area contributed by atoms with Gasteiger partial charge in [0.2, 0.25) is 0 Å². The van der Waals surface area contributed by atoms with Crippen molar-refractivity contribution in [3.63, 3.8) is 0 Å². The monoisotopic (exact) mass is 585 g/mol. The Labute approximate surface area is 248 Å². The van der Waals surface area contributed by atoms with Crippen molar-refractivity contribution in [2.75, 3.05) is 20.3 Å². The van der Waals surface area contributed by atoms with Gasteiger partial charge in [0.15, 0.2) is 16.3 Å². The Balaban J connectivity index is 1.66. The number of benzene rings is 2. The van der Waals surface area contributed by atoms with Crippen molar-refractivity contribution in [3.8, 4) is 17.2 Å². The van der Waals surface area contributed by atoms with Crippen molar-refractivity contribution in [2.45, 2.75) is 47.6 Å². The number of nitrogens with zero attached hydrogens (tertiary/aromatic N) is 3. The molecule has 218 valence electrons. The van der Waals surface area contributed by atoms with E-state index in [1.165, 1.54) is 35.8 Å². The van der Waals surface area contributed by atoms with Crippen molar-refractivity contribution in [3.05, 3.63) is 108 Å². The number of hydrogen-bond donors (Lipinski definition) is 0. The molecule has 1 atom stereocenters. The Morgan fingerprint density at radius 3 is 2.40 bits per heavy atom. The molecule has 9 heteroatoms. The number of fused-ring (bicyclic) bond motifs is 1. The molecule has 0 aliphatic carbocycles.